The molecule has 2 N–H and O–H groups in total. The van der Waals surface area contributed by atoms with Gasteiger partial charge in [-0.1, -0.05) is 12.1 Å². The van der Waals surface area contributed by atoms with E-state index >= 15 is 0 Å². The van der Waals surface area contributed by atoms with E-state index < -0.39 is 29.2 Å². The van der Waals surface area contributed by atoms with Crippen LogP contribution in [0.1, 0.15) is 37.7 Å². The van der Waals surface area contributed by atoms with Crippen molar-refractivity contribution in [1.82, 2.24) is 15.1 Å². The van der Waals surface area contributed by atoms with Crippen molar-refractivity contribution in [3.05, 3.63) is 52.3 Å². The van der Waals surface area contributed by atoms with Gasteiger partial charge in [0.15, 0.2) is 5.69 Å². The summed E-state index contributed by atoms with van der Waals surface area (Å²) in [7, 11) is 0. The molecular formula is C15H12F3N3O3. The van der Waals surface area contributed by atoms with Crippen molar-refractivity contribution in [1.29, 1.82) is 0 Å². The van der Waals surface area contributed by atoms with Crippen molar-refractivity contribution in [2.45, 2.75) is 19.1 Å². The standard InChI is InChI=1S/C15H12F3N3O3/c16-15(17,18)10-4-2-1-3-8(10)13(22)21-6-5-11-9(7-21)12(14(23)24)20-19-11/h1-4H,5-7H2,(H,19,20)(H,23,24). The Morgan fingerprint density at radius 2 is 1.96 bits per heavy atom. The molecule has 3 rings (SSSR count). The number of H-pyrrole nitrogens is 1. The molecule has 0 aliphatic carbocycles. The molecule has 0 unspecified atom stereocenters. The Morgan fingerprint density at radius 3 is 2.62 bits per heavy atom. The highest BCUT2D eigenvalue weighted by Gasteiger charge is 2.37. The number of benzene rings is 1. The molecule has 9 heteroatoms. The number of carboxylic acids is 1. The van der Waals surface area contributed by atoms with E-state index in [1.807, 2.05) is 0 Å². The third-order valence-corrected chi connectivity index (χ3v) is 3.89. The number of halogens is 3. The molecule has 1 aromatic carbocycles. The Balaban J connectivity index is 1.93. The van der Waals surface area contributed by atoms with Crippen LogP contribution in [-0.4, -0.2) is 38.6 Å². The average molecular weight is 339 g/mol. The van der Waals surface area contributed by atoms with Gasteiger partial charge in [0.1, 0.15) is 0 Å². The van der Waals surface area contributed by atoms with E-state index in [1.54, 1.807) is 0 Å². The fourth-order valence-electron chi connectivity index (χ4n) is 2.73. The molecule has 6 nitrogen and oxygen atoms in total. The zero-order valence-corrected chi connectivity index (χ0v) is 12.2. The van der Waals surface area contributed by atoms with Gasteiger partial charge in [0.25, 0.3) is 5.91 Å². The zero-order valence-electron chi connectivity index (χ0n) is 12.2. The number of aromatic carboxylic acids is 1. The van der Waals surface area contributed by atoms with Crippen molar-refractivity contribution in [2.75, 3.05) is 6.54 Å². The van der Waals surface area contributed by atoms with E-state index in [2.05, 4.69) is 10.2 Å². The summed E-state index contributed by atoms with van der Waals surface area (Å²) in [6.07, 6.45) is -4.34. The first-order chi connectivity index (χ1) is 11.3. The molecule has 0 fully saturated rings. The summed E-state index contributed by atoms with van der Waals surface area (Å²) in [6.45, 7) is 0.0811. The van der Waals surface area contributed by atoms with Crippen LogP contribution in [0.15, 0.2) is 24.3 Å². The smallest absolute Gasteiger partial charge is 0.417 e. The van der Waals surface area contributed by atoms with E-state index in [0.717, 1.165) is 12.1 Å². The lowest BCUT2D eigenvalue weighted by Gasteiger charge is -2.28. The van der Waals surface area contributed by atoms with Crippen molar-refractivity contribution in [3.8, 4) is 0 Å². The molecular weight excluding hydrogens is 327 g/mol. The van der Waals surface area contributed by atoms with Gasteiger partial charge in [-0.25, -0.2) is 4.79 Å². The summed E-state index contributed by atoms with van der Waals surface area (Å²) < 4.78 is 39.2. The molecule has 24 heavy (non-hydrogen) atoms. The largest absolute Gasteiger partial charge is 0.476 e. The minimum atomic E-state index is -4.64. The van der Waals surface area contributed by atoms with Gasteiger partial charge in [-0.2, -0.15) is 18.3 Å². The van der Waals surface area contributed by atoms with Crippen LogP contribution in [0.3, 0.4) is 0 Å². The summed E-state index contributed by atoms with van der Waals surface area (Å²) in [6, 6.07) is 4.54. The minimum absolute atomic E-state index is 0.0987. The summed E-state index contributed by atoms with van der Waals surface area (Å²) >= 11 is 0. The second kappa shape index (κ2) is 5.66. The number of rotatable bonds is 2. The number of carboxylic acid groups (broad SMARTS) is 1. The predicted molar refractivity (Wildman–Crippen MR) is 75.4 cm³/mol. The number of nitrogens with one attached hydrogen (secondary N) is 1. The number of aromatic amines is 1. The van der Waals surface area contributed by atoms with E-state index in [0.29, 0.717) is 17.7 Å². The number of aromatic nitrogens is 2. The Hall–Kier alpha value is -2.84. The lowest BCUT2D eigenvalue weighted by molar-refractivity contribution is -0.138. The van der Waals surface area contributed by atoms with Crippen molar-refractivity contribution >= 4 is 11.9 Å². The number of nitrogens with zero attached hydrogens (tertiary/aromatic N) is 2. The second-order valence-corrected chi connectivity index (χ2v) is 5.35. The Bertz CT molecular complexity index is 814. The van der Waals surface area contributed by atoms with Gasteiger partial charge >= 0.3 is 12.1 Å². The maximum absolute atomic E-state index is 13.1. The van der Waals surface area contributed by atoms with E-state index in [-0.39, 0.29) is 18.8 Å². The number of carbonyl (C=O) groups excluding carboxylic acids is 1. The normalized spacial score (nSPS) is 14.4. The van der Waals surface area contributed by atoms with E-state index in [1.165, 1.54) is 17.0 Å². The quantitative estimate of drug-likeness (QED) is 0.879. The van der Waals surface area contributed by atoms with Gasteiger partial charge < -0.3 is 10.0 Å². The van der Waals surface area contributed by atoms with Gasteiger partial charge in [0.2, 0.25) is 0 Å². The molecule has 0 saturated carbocycles. The lowest BCUT2D eigenvalue weighted by Crippen LogP contribution is -2.37. The third kappa shape index (κ3) is 2.72. The molecule has 2 heterocycles. The van der Waals surface area contributed by atoms with Gasteiger partial charge in [0, 0.05) is 24.2 Å². The van der Waals surface area contributed by atoms with Crippen LogP contribution in [-0.2, 0) is 19.1 Å². The molecule has 0 spiro atoms. The molecule has 1 aliphatic rings. The number of alkyl halides is 3. The molecule has 1 aliphatic heterocycles. The van der Waals surface area contributed by atoms with Crippen LogP contribution < -0.4 is 0 Å². The van der Waals surface area contributed by atoms with Crippen molar-refractivity contribution in [3.63, 3.8) is 0 Å². The Morgan fingerprint density at radius 1 is 1.25 bits per heavy atom. The first-order valence-corrected chi connectivity index (χ1v) is 7.04. The SMILES string of the molecule is O=C(O)c1n[nH]c2c1CN(C(=O)c1ccccc1C(F)(F)F)CC2. The minimum Gasteiger partial charge on any atom is -0.476 e. The average Bonchev–Trinajstić information content (AvgIpc) is 2.96. The van der Waals surface area contributed by atoms with Crippen LogP contribution in [0.25, 0.3) is 0 Å². The van der Waals surface area contributed by atoms with Crippen molar-refractivity contribution in [2.24, 2.45) is 0 Å². The lowest BCUT2D eigenvalue weighted by atomic mass is 10.0. The highest BCUT2D eigenvalue weighted by molar-refractivity contribution is 5.96. The number of carbonyl (C=O) groups is 2. The molecule has 0 radical (unpaired) electrons. The number of fused-ring (bicyclic) bond motifs is 1. The summed E-state index contributed by atoms with van der Waals surface area (Å²) in [5, 5.41) is 15.4. The first kappa shape index (κ1) is 16.0. The molecule has 1 aromatic heterocycles. The summed E-state index contributed by atoms with van der Waals surface area (Å²) in [5.41, 5.74) is -0.765. The number of amides is 1. The maximum Gasteiger partial charge on any atom is 0.417 e. The monoisotopic (exact) mass is 339 g/mol. The molecule has 126 valence electrons. The molecule has 0 saturated heterocycles. The summed E-state index contributed by atoms with van der Waals surface area (Å²) in [5.74, 6) is -2.04. The number of hydrogen-bond donors (Lipinski definition) is 2. The van der Waals surface area contributed by atoms with Crippen LogP contribution >= 0.6 is 0 Å². The van der Waals surface area contributed by atoms with Crippen LogP contribution in [0.4, 0.5) is 13.2 Å². The van der Waals surface area contributed by atoms with Gasteiger partial charge in [-0.05, 0) is 12.1 Å². The fourth-order valence-corrected chi connectivity index (χ4v) is 2.73. The zero-order chi connectivity index (χ0) is 17.5. The topological polar surface area (TPSA) is 86.3 Å². The molecule has 1 amide bonds. The van der Waals surface area contributed by atoms with Gasteiger partial charge in [0.05, 0.1) is 17.7 Å². The third-order valence-electron chi connectivity index (χ3n) is 3.89. The fraction of sp³-hybridized carbons (Fsp3) is 0.267. The van der Waals surface area contributed by atoms with Crippen molar-refractivity contribution < 1.29 is 27.9 Å². The van der Waals surface area contributed by atoms with Crippen LogP contribution in [0.5, 0.6) is 0 Å². The predicted octanol–water partition coefficient (Wildman–Crippen LogP) is 2.33. The van der Waals surface area contributed by atoms with E-state index in [9.17, 15) is 22.8 Å². The van der Waals surface area contributed by atoms with Crippen LogP contribution in [0, 0.1) is 0 Å². The first-order valence-electron chi connectivity index (χ1n) is 7.04. The van der Waals surface area contributed by atoms with E-state index in [4.69, 9.17) is 5.11 Å². The summed E-state index contributed by atoms with van der Waals surface area (Å²) in [4.78, 5) is 24.9. The molecule has 0 bridgehead atoms. The van der Waals surface area contributed by atoms with Crippen LogP contribution in [0.2, 0.25) is 0 Å². The number of hydrogen-bond acceptors (Lipinski definition) is 3. The Labute approximate surface area is 133 Å². The van der Waals surface area contributed by atoms with Gasteiger partial charge in [-0.15, -0.1) is 0 Å². The highest BCUT2D eigenvalue weighted by atomic mass is 19.4. The molecule has 2 aromatic rings. The maximum atomic E-state index is 13.1. The second-order valence-electron chi connectivity index (χ2n) is 5.35. The highest BCUT2D eigenvalue weighted by Crippen LogP contribution is 2.33. The molecule has 0 atom stereocenters. The van der Waals surface area contributed by atoms with Gasteiger partial charge in [-0.3, -0.25) is 9.89 Å². The Kier molecular flexibility index (Phi) is 3.78.